The van der Waals surface area contributed by atoms with Crippen molar-refractivity contribution < 1.29 is 4.74 Å². The van der Waals surface area contributed by atoms with Crippen molar-refractivity contribution in [3.8, 4) is 0 Å². The molecule has 1 aromatic heterocycles. The van der Waals surface area contributed by atoms with Crippen molar-refractivity contribution in [2.24, 2.45) is 0 Å². The number of aromatic nitrogens is 1. The molecule has 5 nitrogen and oxygen atoms in total. The molecule has 1 unspecified atom stereocenters. The summed E-state index contributed by atoms with van der Waals surface area (Å²) in [6.45, 7) is 11.4. The van der Waals surface area contributed by atoms with E-state index in [1.807, 2.05) is 6.20 Å². The van der Waals surface area contributed by atoms with Gasteiger partial charge in [0.2, 0.25) is 0 Å². The lowest BCUT2D eigenvalue weighted by atomic mass is 10.1. The summed E-state index contributed by atoms with van der Waals surface area (Å²) in [5.74, 6) is 0. The molecule has 0 aliphatic carbocycles. The standard InChI is InChI=1S/C14H26N4OS/c1-3-12-10-17(11-13-9-16-14(15)20-13)5-6-18(12)7-8-19-4-2/h9,12H,3-8,10-11H2,1-2H3,(H2,15,16). The second kappa shape index (κ2) is 7.93. The maximum Gasteiger partial charge on any atom is 0.180 e. The van der Waals surface area contributed by atoms with Crippen molar-refractivity contribution in [2.45, 2.75) is 32.9 Å². The molecule has 6 heteroatoms. The summed E-state index contributed by atoms with van der Waals surface area (Å²) in [6.07, 6.45) is 3.09. The van der Waals surface area contributed by atoms with Crippen LogP contribution in [0.4, 0.5) is 5.13 Å². The number of nitrogens with zero attached hydrogens (tertiary/aromatic N) is 3. The predicted molar refractivity (Wildman–Crippen MR) is 83.9 cm³/mol. The smallest absolute Gasteiger partial charge is 0.180 e. The average molecular weight is 298 g/mol. The minimum absolute atomic E-state index is 0.634. The molecule has 0 saturated carbocycles. The van der Waals surface area contributed by atoms with Crippen LogP contribution in [0.3, 0.4) is 0 Å². The van der Waals surface area contributed by atoms with E-state index in [1.165, 1.54) is 11.3 Å². The van der Waals surface area contributed by atoms with Crippen LogP contribution in [-0.4, -0.2) is 60.2 Å². The third kappa shape index (κ3) is 4.41. The SMILES string of the molecule is CCOCCN1CCN(Cc2cnc(N)s2)CC1CC. The Bertz CT molecular complexity index is 398. The molecule has 0 bridgehead atoms. The van der Waals surface area contributed by atoms with Gasteiger partial charge in [0, 0.05) is 56.4 Å². The highest BCUT2D eigenvalue weighted by molar-refractivity contribution is 7.15. The first-order valence-electron chi connectivity index (χ1n) is 7.47. The van der Waals surface area contributed by atoms with E-state index in [2.05, 4.69) is 28.6 Å². The Morgan fingerprint density at radius 3 is 2.95 bits per heavy atom. The van der Waals surface area contributed by atoms with E-state index in [0.29, 0.717) is 11.2 Å². The molecule has 1 fully saturated rings. The summed E-state index contributed by atoms with van der Waals surface area (Å²) >= 11 is 1.60. The van der Waals surface area contributed by atoms with E-state index in [0.717, 1.165) is 45.9 Å². The number of hydrogen-bond acceptors (Lipinski definition) is 6. The number of anilines is 1. The Balaban J connectivity index is 1.81. The normalized spacial score (nSPS) is 21.4. The lowest BCUT2D eigenvalue weighted by molar-refractivity contribution is 0.0389. The van der Waals surface area contributed by atoms with Gasteiger partial charge in [-0.2, -0.15) is 0 Å². The molecule has 1 aliphatic heterocycles. The van der Waals surface area contributed by atoms with Crippen molar-refractivity contribution in [2.75, 3.05) is 45.1 Å². The lowest BCUT2D eigenvalue weighted by Crippen LogP contribution is -2.53. The van der Waals surface area contributed by atoms with Gasteiger partial charge in [0.05, 0.1) is 6.61 Å². The molecule has 0 radical (unpaired) electrons. The Morgan fingerprint density at radius 2 is 2.30 bits per heavy atom. The molecule has 1 atom stereocenters. The number of hydrogen-bond donors (Lipinski definition) is 1. The third-order valence-electron chi connectivity index (χ3n) is 3.84. The van der Waals surface area contributed by atoms with Crippen LogP contribution in [0.2, 0.25) is 0 Å². The molecule has 0 aromatic carbocycles. The van der Waals surface area contributed by atoms with E-state index < -0.39 is 0 Å². The Kier molecular flexibility index (Phi) is 6.22. The minimum Gasteiger partial charge on any atom is -0.380 e. The topological polar surface area (TPSA) is 54.6 Å². The summed E-state index contributed by atoms with van der Waals surface area (Å²) in [5.41, 5.74) is 5.69. The second-order valence-electron chi connectivity index (χ2n) is 5.19. The second-order valence-corrected chi connectivity index (χ2v) is 6.34. The molecule has 20 heavy (non-hydrogen) atoms. The van der Waals surface area contributed by atoms with Gasteiger partial charge in [-0.15, -0.1) is 11.3 Å². The monoisotopic (exact) mass is 298 g/mol. The van der Waals surface area contributed by atoms with Crippen LogP contribution < -0.4 is 5.73 Å². The van der Waals surface area contributed by atoms with Gasteiger partial charge in [-0.1, -0.05) is 6.92 Å². The van der Waals surface area contributed by atoms with Crippen molar-refractivity contribution in [1.29, 1.82) is 0 Å². The fourth-order valence-electron chi connectivity index (χ4n) is 2.72. The van der Waals surface area contributed by atoms with Crippen LogP contribution >= 0.6 is 11.3 Å². The van der Waals surface area contributed by atoms with Gasteiger partial charge in [-0.3, -0.25) is 9.80 Å². The highest BCUT2D eigenvalue weighted by atomic mass is 32.1. The van der Waals surface area contributed by atoms with Crippen LogP contribution in [0.15, 0.2) is 6.20 Å². The quantitative estimate of drug-likeness (QED) is 0.776. The van der Waals surface area contributed by atoms with E-state index >= 15 is 0 Å². The van der Waals surface area contributed by atoms with E-state index in [4.69, 9.17) is 10.5 Å². The maximum atomic E-state index is 5.69. The van der Waals surface area contributed by atoms with Gasteiger partial charge in [0.1, 0.15) is 0 Å². The van der Waals surface area contributed by atoms with Crippen molar-refractivity contribution in [3.05, 3.63) is 11.1 Å². The molecular formula is C14H26N4OS. The summed E-state index contributed by atoms with van der Waals surface area (Å²) < 4.78 is 5.48. The summed E-state index contributed by atoms with van der Waals surface area (Å²) in [7, 11) is 0. The molecule has 114 valence electrons. The van der Waals surface area contributed by atoms with Crippen molar-refractivity contribution >= 4 is 16.5 Å². The lowest BCUT2D eigenvalue weighted by Gasteiger charge is -2.41. The fourth-order valence-corrected chi connectivity index (χ4v) is 3.45. The molecule has 1 saturated heterocycles. The molecule has 2 heterocycles. The van der Waals surface area contributed by atoms with Gasteiger partial charge in [-0.05, 0) is 13.3 Å². The van der Waals surface area contributed by atoms with Crippen LogP contribution in [0, 0.1) is 0 Å². The summed E-state index contributed by atoms with van der Waals surface area (Å²) in [5, 5.41) is 0.669. The Labute approximate surface area is 125 Å². The van der Waals surface area contributed by atoms with E-state index in [1.54, 1.807) is 11.3 Å². The molecular weight excluding hydrogens is 272 g/mol. The average Bonchev–Trinajstić information content (AvgIpc) is 2.85. The first kappa shape index (κ1) is 15.7. The Hall–Kier alpha value is -0.690. The van der Waals surface area contributed by atoms with Gasteiger partial charge < -0.3 is 10.5 Å². The highest BCUT2D eigenvalue weighted by Crippen LogP contribution is 2.19. The predicted octanol–water partition coefficient (Wildman–Crippen LogP) is 1.66. The van der Waals surface area contributed by atoms with Crippen LogP contribution in [-0.2, 0) is 11.3 Å². The summed E-state index contributed by atoms with van der Waals surface area (Å²) in [4.78, 5) is 10.5. The summed E-state index contributed by atoms with van der Waals surface area (Å²) in [6, 6.07) is 0.634. The number of nitrogens with two attached hydrogens (primary N) is 1. The zero-order valence-corrected chi connectivity index (χ0v) is 13.4. The molecule has 2 rings (SSSR count). The minimum atomic E-state index is 0.634. The van der Waals surface area contributed by atoms with Gasteiger partial charge in [0.15, 0.2) is 5.13 Å². The number of nitrogen functional groups attached to an aromatic ring is 1. The van der Waals surface area contributed by atoms with Gasteiger partial charge >= 0.3 is 0 Å². The molecule has 0 spiro atoms. The van der Waals surface area contributed by atoms with Crippen LogP contribution in [0.1, 0.15) is 25.1 Å². The molecule has 1 aromatic rings. The third-order valence-corrected chi connectivity index (χ3v) is 4.65. The molecule has 0 amide bonds. The highest BCUT2D eigenvalue weighted by Gasteiger charge is 2.25. The van der Waals surface area contributed by atoms with Crippen LogP contribution in [0.5, 0.6) is 0 Å². The fraction of sp³-hybridized carbons (Fsp3) is 0.786. The number of piperazine rings is 1. The zero-order valence-electron chi connectivity index (χ0n) is 12.5. The van der Waals surface area contributed by atoms with Gasteiger partial charge in [0.25, 0.3) is 0 Å². The largest absolute Gasteiger partial charge is 0.380 e. The first-order chi connectivity index (χ1) is 9.72. The van der Waals surface area contributed by atoms with E-state index in [9.17, 15) is 0 Å². The Morgan fingerprint density at radius 1 is 1.45 bits per heavy atom. The van der Waals surface area contributed by atoms with Crippen molar-refractivity contribution in [3.63, 3.8) is 0 Å². The maximum absolute atomic E-state index is 5.69. The number of ether oxygens (including phenoxy) is 1. The number of thiazole rings is 1. The number of rotatable bonds is 7. The van der Waals surface area contributed by atoms with E-state index in [-0.39, 0.29) is 0 Å². The van der Waals surface area contributed by atoms with Gasteiger partial charge in [-0.25, -0.2) is 4.98 Å². The first-order valence-corrected chi connectivity index (χ1v) is 8.28. The van der Waals surface area contributed by atoms with Crippen molar-refractivity contribution in [1.82, 2.24) is 14.8 Å². The molecule has 2 N–H and O–H groups in total. The molecule has 1 aliphatic rings. The van der Waals surface area contributed by atoms with Crippen LogP contribution in [0.25, 0.3) is 0 Å². The zero-order chi connectivity index (χ0) is 14.4.